The van der Waals surface area contributed by atoms with Gasteiger partial charge in [0.25, 0.3) is 5.91 Å². The number of nitrogens with zero attached hydrogens (tertiary/aromatic N) is 2. The van der Waals surface area contributed by atoms with E-state index < -0.39 is 5.91 Å². The SMILES string of the molecule is Cc1ccc(NC(=O)/C(C#N)=C/c2cn(Cc3ccc4ccccc4c3)c3ccccc23)c(C)c1. The third-order valence-corrected chi connectivity index (χ3v) is 6.28. The minimum absolute atomic E-state index is 0.0681. The molecule has 0 aliphatic carbocycles. The Morgan fingerprint density at radius 3 is 2.51 bits per heavy atom. The molecule has 170 valence electrons. The first-order valence-electron chi connectivity index (χ1n) is 11.6. The first kappa shape index (κ1) is 22.2. The lowest BCUT2D eigenvalue weighted by Crippen LogP contribution is -2.14. The predicted molar refractivity (Wildman–Crippen MR) is 143 cm³/mol. The molecule has 5 rings (SSSR count). The number of aromatic nitrogens is 1. The van der Waals surface area contributed by atoms with Gasteiger partial charge in [-0.15, -0.1) is 0 Å². The van der Waals surface area contributed by atoms with E-state index in [-0.39, 0.29) is 5.57 Å². The quantitative estimate of drug-likeness (QED) is 0.229. The number of carbonyl (C=O) groups is 1. The molecule has 4 nitrogen and oxygen atoms in total. The summed E-state index contributed by atoms with van der Waals surface area (Å²) < 4.78 is 2.17. The number of para-hydroxylation sites is 1. The number of nitriles is 1. The zero-order chi connectivity index (χ0) is 24.4. The lowest BCUT2D eigenvalue weighted by molar-refractivity contribution is -0.112. The molecule has 35 heavy (non-hydrogen) atoms. The number of carbonyl (C=O) groups excluding carboxylic acids is 1. The Balaban J connectivity index is 1.48. The largest absolute Gasteiger partial charge is 0.342 e. The van der Waals surface area contributed by atoms with Crippen LogP contribution in [0.1, 0.15) is 22.3 Å². The van der Waals surface area contributed by atoms with Crippen molar-refractivity contribution in [3.63, 3.8) is 0 Å². The highest BCUT2D eigenvalue weighted by Gasteiger charge is 2.14. The summed E-state index contributed by atoms with van der Waals surface area (Å²) in [5.41, 5.74) is 5.94. The normalized spacial score (nSPS) is 11.5. The highest BCUT2D eigenvalue weighted by Crippen LogP contribution is 2.26. The highest BCUT2D eigenvalue weighted by atomic mass is 16.1. The maximum absolute atomic E-state index is 12.9. The first-order chi connectivity index (χ1) is 17.0. The zero-order valence-electron chi connectivity index (χ0n) is 19.7. The van der Waals surface area contributed by atoms with Crippen LogP contribution in [0, 0.1) is 25.2 Å². The Labute approximate surface area is 204 Å². The average Bonchev–Trinajstić information content (AvgIpc) is 3.21. The zero-order valence-corrected chi connectivity index (χ0v) is 19.7. The number of anilines is 1. The molecule has 0 saturated carbocycles. The van der Waals surface area contributed by atoms with Crippen LogP contribution in [0.15, 0.2) is 96.7 Å². The van der Waals surface area contributed by atoms with E-state index in [2.05, 4.69) is 52.4 Å². The smallest absolute Gasteiger partial charge is 0.266 e. The van der Waals surface area contributed by atoms with Crippen LogP contribution in [0.2, 0.25) is 0 Å². The van der Waals surface area contributed by atoms with Gasteiger partial charge in [0.2, 0.25) is 0 Å². The van der Waals surface area contributed by atoms with Gasteiger partial charge in [0.15, 0.2) is 0 Å². The van der Waals surface area contributed by atoms with Crippen LogP contribution in [-0.2, 0) is 11.3 Å². The summed E-state index contributed by atoms with van der Waals surface area (Å²) in [7, 11) is 0. The Bertz CT molecular complexity index is 1650. The Morgan fingerprint density at radius 1 is 0.943 bits per heavy atom. The first-order valence-corrected chi connectivity index (χ1v) is 11.6. The predicted octanol–water partition coefficient (Wildman–Crippen LogP) is 7.01. The standard InChI is InChI=1S/C31H25N3O/c1-21-11-14-29(22(2)15-21)33-31(35)26(18-32)17-27-20-34(30-10-6-5-9-28(27)30)19-23-12-13-24-7-3-4-8-25(24)16-23/h3-17,20H,19H2,1-2H3,(H,33,35)/b26-17+. The summed E-state index contributed by atoms with van der Waals surface area (Å²) in [5.74, 6) is -0.411. The molecule has 0 atom stereocenters. The Morgan fingerprint density at radius 2 is 1.71 bits per heavy atom. The highest BCUT2D eigenvalue weighted by molar-refractivity contribution is 6.11. The summed E-state index contributed by atoms with van der Waals surface area (Å²) in [6.45, 7) is 4.64. The van der Waals surface area contributed by atoms with E-state index >= 15 is 0 Å². The molecule has 4 heteroatoms. The van der Waals surface area contributed by atoms with Gasteiger partial charge in [-0.25, -0.2) is 0 Å². The number of benzene rings is 4. The van der Waals surface area contributed by atoms with Crippen LogP contribution in [0.25, 0.3) is 27.8 Å². The summed E-state index contributed by atoms with van der Waals surface area (Å²) in [6, 6.07) is 30.8. The van der Waals surface area contributed by atoms with Crippen molar-refractivity contribution in [2.75, 3.05) is 5.32 Å². The lowest BCUT2D eigenvalue weighted by atomic mass is 10.1. The molecule has 0 aliphatic rings. The van der Waals surface area contributed by atoms with Crippen LogP contribution < -0.4 is 5.32 Å². The second-order valence-electron chi connectivity index (χ2n) is 8.85. The van der Waals surface area contributed by atoms with Crippen LogP contribution >= 0.6 is 0 Å². The van der Waals surface area contributed by atoms with E-state index in [9.17, 15) is 10.1 Å². The minimum atomic E-state index is -0.411. The monoisotopic (exact) mass is 455 g/mol. The van der Waals surface area contributed by atoms with Crippen LogP contribution in [0.5, 0.6) is 0 Å². The number of amides is 1. The van der Waals surface area contributed by atoms with Crippen molar-refractivity contribution < 1.29 is 4.79 Å². The molecule has 0 spiro atoms. The van der Waals surface area contributed by atoms with Crippen molar-refractivity contribution in [1.82, 2.24) is 4.57 Å². The van der Waals surface area contributed by atoms with E-state index in [1.807, 2.05) is 68.6 Å². The molecule has 1 amide bonds. The molecular weight excluding hydrogens is 430 g/mol. The van der Waals surface area contributed by atoms with E-state index in [1.165, 1.54) is 16.3 Å². The molecule has 1 N–H and O–H groups in total. The number of hydrogen-bond acceptors (Lipinski definition) is 2. The van der Waals surface area contributed by atoms with E-state index in [0.29, 0.717) is 12.2 Å². The van der Waals surface area contributed by atoms with Crippen molar-refractivity contribution in [1.29, 1.82) is 5.26 Å². The van der Waals surface area contributed by atoms with E-state index in [0.717, 1.165) is 27.6 Å². The fourth-order valence-corrected chi connectivity index (χ4v) is 4.50. The fourth-order valence-electron chi connectivity index (χ4n) is 4.50. The fraction of sp³-hybridized carbons (Fsp3) is 0.0968. The molecule has 0 unspecified atom stereocenters. The average molecular weight is 456 g/mol. The third kappa shape index (κ3) is 4.58. The van der Waals surface area contributed by atoms with E-state index in [1.54, 1.807) is 6.08 Å². The van der Waals surface area contributed by atoms with Gasteiger partial charge in [-0.3, -0.25) is 4.79 Å². The molecule has 0 saturated heterocycles. The molecule has 1 aromatic heterocycles. The maximum atomic E-state index is 12.9. The minimum Gasteiger partial charge on any atom is -0.342 e. The molecule has 0 fully saturated rings. The third-order valence-electron chi connectivity index (χ3n) is 6.28. The summed E-state index contributed by atoms with van der Waals surface area (Å²) >= 11 is 0. The number of fused-ring (bicyclic) bond motifs is 2. The molecule has 4 aromatic carbocycles. The molecular formula is C31H25N3O. The topological polar surface area (TPSA) is 57.8 Å². The van der Waals surface area contributed by atoms with Crippen LogP contribution in [0.3, 0.4) is 0 Å². The summed E-state index contributed by atoms with van der Waals surface area (Å²) in [5, 5.41) is 16.1. The van der Waals surface area contributed by atoms with Crippen LogP contribution in [0.4, 0.5) is 5.69 Å². The van der Waals surface area contributed by atoms with Crippen molar-refractivity contribution >= 4 is 39.3 Å². The number of nitrogens with one attached hydrogen (secondary N) is 1. The van der Waals surface area contributed by atoms with Gasteiger partial charge >= 0.3 is 0 Å². The van der Waals surface area contributed by atoms with Crippen molar-refractivity contribution in [3.8, 4) is 6.07 Å². The van der Waals surface area contributed by atoms with Gasteiger partial charge in [0.05, 0.1) is 0 Å². The maximum Gasteiger partial charge on any atom is 0.266 e. The van der Waals surface area contributed by atoms with Gasteiger partial charge < -0.3 is 9.88 Å². The van der Waals surface area contributed by atoms with Crippen molar-refractivity contribution in [3.05, 3.63) is 119 Å². The van der Waals surface area contributed by atoms with Crippen molar-refractivity contribution in [2.24, 2.45) is 0 Å². The number of aryl methyl sites for hydroxylation is 2. The molecule has 0 radical (unpaired) electrons. The molecule has 5 aromatic rings. The summed E-state index contributed by atoms with van der Waals surface area (Å²) in [6.07, 6.45) is 3.69. The Hall–Kier alpha value is -4.62. The molecule has 1 heterocycles. The molecule has 0 aliphatic heterocycles. The van der Waals surface area contributed by atoms with Crippen LogP contribution in [-0.4, -0.2) is 10.5 Å². The second kappa shape index (κ2) is 9.32. The van der Waals surface area contributed by atoms with Crippen molar-refractivity contribution in [2.45, 2.75) is 20.4 Å². The van der Waals surface area contributed by atoms with E-state index in [4.69, 9.17) is 0 Å². The lowest BCUT2D eigenvalue weighted by Gasteiger charge is -2.08. The van der Waals surface area contributed by atoms with Gasteiger partial charge in [-0.1, -0.05) is 72.3 Å². The second-order valence-corrected chi connectivity index (χ2v) is 8.85. The van der Waals surface area contributed by atoms with Gasteiger partial charge in [0.1, 0.15) is 11.6 Å². The van der Waals surface area contributed by atoms with Gasteiger partial charge in [-0.2, -0.15) is 5.26 Å². The summed E-state index contributed by atoms with van der Waals surface area (Å²) in [4.78, 5) is 12.9. The van der Waals surface area contributed by atoms with Gasteiger partial charge in [-0.05, 0) is 60.0 Å². The molecule has 0 bridgehead atoms. The number of rotatable bonds is 5. The number of hydrogen-bond donors (Lipinski definition) is 1. The Kier molecular flexibility index (Phi) is 5.91. The van der Waals surface area contributed by atoms with Gasteiger partial charge in [0, 0.05) is 34.9 Å².